The van der Waals surface area contributed by atoms with E-state index in [1.807, 2.05) is 0 Å². The molecule has 0 aromatic carbocycles. The Hall–Kier alpha value is -0.450. The van der Waals surface area contributed by atoms with Crippen LogP contribution in [0.2, 0.25) is 0 Å². The van der Waals surface area contributed by atoms with Crippen molar-refractivity contribution in [3.8, 4) is 0 Å². The molecule has 0 aliphatic carbocycles. The van der Waals surface area contributed by atoms with Crippen molar-refractivity contribution in [2.45, 2.75) is 115 Å². The molecule has 0 rings (SSSR count). The van der Waals surface area contributed by atoms with E-state index in [0.29, 0.717) is 6.42 Å². The van der Waals surface area contributed by atoms with E-state index in [0.717, 1.165) is 12.8 Å². The van der Waals surface area contributed by atoms with Crippen LogP contribution in [-0.2, 0) is 4.79 Å². The van der Waals surface area contributed by atoms with Crippen LogP contribution in [0.3, 0.4) is 0 Å². The summed E-state index contributed by atoms with van der Waals surface area (Å²) in [6.07, 6.45) is 16.1. The summed E-state index contributed by atoms with van der Waals surface area (Å²) in [5.74, 6) is -0.354. The first-order valence-electron chi connectivity index (χ1n) is 10.1. The normalized spacial score (nSPS) is 15.2. The second kappa shape index (κ2) is 14.9. The molecule has 2 atom stereocenters. The van der Waals surface area contributed by atoms with Crippen LogP contribution < -0.4 is 5.73 Å². The van der Waals surface area contributed by atoms with E-state index >= 15 is 0 Å². The zero-order chi connectivity index (χ0) is 18.3. The minimum Gasteiger partial charge on any atom is -0.394 e. The van der Waals surface area contributed by atoms with Gasteiger partial charge in [-0.05, 0) is 13.3 Å². The Morgan fingerprint density at radius 3 is 1.58 bits per heavy atom. The summed E-state index contributed by atoms with van der Waals surface area (Å²) in [6.45, 7) is 3.08. The van der Waals surface area contributed by atoms with E-state index < -0.39 is 18.2 Å². The average Bonchev–Trinajstić information content (AvgIpc) is 2.57. The SMILES string of the molecule is CCCCCCCCCCCCCCC[C@@H](O)[C@@](N)(CO)C(C)=O. The average molecular weight is 344 g/mol. The number of hydrogen-bond donors (Lipinski definition) is 3. The molecule has 4 nitrogen and oxygen atoms in total. The third-order valence-electron chi connectivity index (χ3n) is 5.09. The molecular formula is C20H41NO3. The van der Waals surface area contributed by atoms with Gasteiger partial charge in [-0.1, -0.05) is 90.4 Å². The van der Waals surface area contributed by atoms with Gasteiger partial charge >= 0.3 is 0 Å². The molecule has 0 heterocycles. The first-order valence-corrected chi connectivity index (χ1v) is 10.1. The van der Waals surface area contributed by atoms with E-state index in [1.54, 1.807) is 0 Å². The number of unbranched alkanes of at least 4 members (excludes halogenated alkanes) is 12. The van der Waals surface area contributed by atoms with Gasteiger partial charge in [0.1, 0.15) is 5.54 Å². The fourth-order valence-electron chi connectivity index (χ4n) is 3.06. The Kier molecular flexibility index (Phi) is 14.6. The van der Waals surface area contributed by atoms with E-state index in [2.05, 4.69) is 6.92 Å². The molecule has 4 heteroatoms. The van der Waals surface area contributed by atoms with Crippen LogP contribution in [0, 0.1) is 0 Å². The molecule has 24 heavy (non-hydrogen) atoms. The fourth-order valence-corrected chi connectivity index (χ4v) is 3.06. The maximum Gasteiger partial charge on any atom is 0.154 e. The number of ketones is 1. The summed E-state index contributed by atoms with van der Waals surface area (Å²) in [4.78, 5) is 11.4. The maximum atomic E-state index is 11.4. The largest absolute Gasteiger partial charge is 0.394 e. The number of aliphatic hydroxyl groups excluding tert-OH is 2. The van der Waals surface area contributed by atoms with Gasteiger partial charge in [-0.3, -0.25) is 4.79 Å². The number of rotatable bonds is 17. The van der Waals surface area contributed by atoms with Gasteiger partial charge in [-0.2, -0.15) is 0 Å². The van der Waals surface area contributed by atoms with E-state index in [4.69, 9.17) is 5.73 Å². The molecule has 0 aliphatic heterocycles. The van der Waals surface area contributed by atoms with Crippen molar-refractivity contribution < 1.29 is 15.0 Å². The van der Waals surface area contributed by atoms with Crippen LogP contribution in [0.5, 0.6) is 0 Å². The molecule has 0 aromatic rings. The second-order valence-corrected chi connectivity index (χ2v) is 7.30. The monoisotopic (exact) mass is 343 g/mol. The summed E-state index contributed by atoms with van der Waals surface area (Å²) < 4.78 is 0. The Morgan fingerprint density at radius 2 is 1.25 bits per heavy atom. The molecule has 0 bridgehead atoms. The van der Waals surface area contributed by atoms with Crippen LogP contribution in [0.25, 0.3) is 0 Å². The standard InChI is InChI=1S/C20H41NO3/c1-3-4-5-6-7-8-9-10-11-12-13-14-15-16-19(24)20(21,17-22)18(2)23/h19,22,24H,3-17,21H2,1-2H3/t19-,20-/m1/s1. The molecule has 0 spiro atoms. The predicted octanol–water partition coefficient (Wildman–Crippen LogP) is 4.11. The first kappa shape index (κ1) is 23.5. The lowest BCUT2D eigenvalue weighted by molar-refractivity contribution is -0.128. The molecule has 144 valence electrons. The summed E-state index contributed by atoms with van der Waals surface area (Å²) in [5, 5.41) is 19.2. The molecule has 4 N–H and O–H groups in total. The topological polar surface area (TPSA) is 83.6 Å². The van der Waals surface area contributed by atoms with Crippen LogP contribution in [0.4, 0.5) is 0 Å². The smallest absolute Gasteiger partial charge is 0.154 e. The van der Waals surface area contributed by atoms with Crippen LogP contribution >= 0.6 is 0 Å². The number of carbonyl (C=O) groups is 1. The zero-order valence-electron chi connectivity index (χ0n) is 16.1. The van der Waals surface area contributed by atoms with Crippen LogP contribution in [0.1, 0.15) is 104 Å². The number of hydrogen-bond acceptors (Lipinski definition) is 4. The van der Waals surface area contributed by atoms with Gasteiger partial charge in [-0.25, -0.2) is 0 Å². The van der Waals surface area contributed by atoms with Crippen molar-refractivity contribution in [1.82, 2.24) is 0 Å². The van der Waals surface area contributed by atoms with Crippen LogP contribution in [-0.4, -0.2) is 34.2 Å². The van der Waals surface area contributed by atoms with Gasteiger partial charge in [0.05, 0.1) is 12.7 Å². The molecule has 0 aromatic heterocycles. The Balaban J connectivity index is 3.44. The lowest BCUT2D eigenvalue weighted by Crippen LogP contribution is -2.59. The minimum atomic E-state index is -1.49. The maximum absolute atomic E-state index is 11.4. The Labute approximate surface area is 149 Å². The fraction of sp³-hybridized carbons (Fsp3) is 0.950. The summed E-state index contributed by atoms with van der Waals surface area (Å²) in [5.41, 5.74) is 4.29. The third kappa shape index (κ3) is 10.4. The highest BCUT2D eigenvalue weighted by molar-refractivity contribution is 5.86. The second-order valence-electron chi connectivity index (χ2n) is 7.30. The number of aliphatic hydroxyl groups is 2. The zero-order valence-corrected chi connectivity index (χ0v) is 16.1. The van der Waals surface area contributed by atoms with Crippen molar-refractivity contribution in [1.29, 1.82) is 0 Å². The third-order valence-corrected chi connectivity index (χ3v) is 5.09. The van der Waals surface area contributed by atoms with Gasteiger partial charge < -0.3 is 15.9 Å². The van der Waals surface area contributed by atoms with Gasteiger partial charge in [0.25, 0.3) is 0 Å². The lowest BCUT2D eigenvalue weighted by Gasteiger charge is -2.29. The van der Waals surface area contributed by atoms with Crippen LogP contribution in [0.15, 0.2) is 0 Å². The summed E-state index contributed by atoms with van der Waals surface area (Å²) in [6, 6.07) is 0. The van der Waals surface area contributed by atoms with Crippen molar-refractivity contribution in [3.05, 3.63) is 0 Å². The van der Waals surface area contributed by atoms with E-state index in [1.165, 1.54) is 77.6 Å². The van der Waals surface area contributed by atoms with Crippen molar-refractivity contribution >= 4 is 5.78 Å². The molecule has 0 amide bonds. The molecule has 0 aliphatic rings. The summed E-state index contributed by atoms with van der Waals surface area (Å²) >= 11 is 0. The highest BCUT2D eigenvalue weighted by atomic mass is 16.3. The Morgan fingerprint density at radius 1 is 0.875 bits per heavy atom. The lowest BCUT2D eigenvalue weighted by atomic mass is 9.87. The van der Waals surface area contributed by atoms with Crippen molar-refractivity contribution in [3.63, 3.8) is 0 Å². The number of carbonyl (C=O) groups excluding carboxylic acids is 1. The highest BCUT2D eigenvalue weighted by Gasteiger charge is 2.37. The highest BCUT2D eigenvalue weighted by Crippen LogP contribution is 2.17. The van der Waals surface area contributed by atoms with Gasteiger partial charge in [0.2, 0.25) is 0 Å². The Bertz CT molecular complexity index is 309. The van der Waals surface area contributed by atoms with Gasteiger partial charge in [0, 0.05) is 0 Å². The molecular weight excluding hydrogens is 302 g/mol. The number of nitrogens with two attached hydrogens (primary N) is 1. The first-order chi connectivity index (χ1) is 11.5. The quantitative estimate of drug-likeness (QED) is 0.347. The molecule has 0 saturated heterocycles. The van der Waals surface area contributed by atoms with Crippen molar-refractivity contribution in [2.75, 3.05) is 6.61 Å². The summed E-state index contributed by atoms with van der Waals surface area (Å²) in [7, 11) is 0. The van der Waals surface area contributed by atoms with E-state index in [-0.39, 0.29) is 5.78 Å². The minimum absolute atomic E-state index is 0.354. The molecule has 0 fully saturated rings. The van der Waals surface area contributed by atoms with Gasteiger partial charge in [-0.15, -0.1) is 0 Å². The van der Waals surface area contributed by atoms with Gasteiger partial charge in [0.15, 0.2) is 5.78 Å². The molecule has 0 saturated carbocycles. The van der Waals surface area contributed by atoms with E-state index in [9.17, 15) is 15.0 Å². The molecule has 0 radical (unpaired) electrons. The molecule has 0 unspecified atom stereocenters. The van der Waals surface area contributed by atoms with Crippen molar-refractivity contribution in [2.24, 2.45) is 5.73 Å². The number of Topliss-reactive ketones (excluding diaryl/α,β-unsaturated/α-hetero) is 1. The predicted molar refractivity (Wildman–Crippen MR) is 101 cm³/mol.